The summed E-state index contributed by atoms with van der Waals surface area (Å²) in [5, 5.41) is 18.1. The lowest BCUT2D eigenvalue weighted by Gasteiger charge is -2.27. The summed E-state index contributed by atoms with van der Waals surface area (Å²) in [5.74, 6) is 0.556. The molecule has 97 heavy (non-hydrogen) atoms. The number of hydroxylamine groups is 3. The molecule has 2 rings (SSSR count). The van der Waals surface area contributed by atoms with E-state index in [-0.39, 0.29) is 34.4 Å². The Labute approximate surface area is 594 Å². The first-order valence-corrected chi connectivity index (χ1v) is 36.2. The molecule has 1 amide bonds. The van der Waals surface area contributed by atoms with Crippen LogP contribution in [0.3, 0.4) is 0 Å². The quantitative estimate of drug-likeness (QED) is 0.0534. The summed E-state index contributed by atoms with van der Waals surface area (Å²) in [6, 6.07) is 19.1. The molecule has 0 aromatic heterocycles. The number of ether oxygens (including phenoxy) is 4. The average molecular weight is 1490 g/mol. The van der Waals surface area contributed by atoms with Gasteiger partial charge in [-0.05, 0) is 122 Å². The number of aliphatic imine (C=N–C) groups is 1. The number of hydrogen-bond donors (Lipinski definition) is 2. The van der Waals surface area contributed by atoms with E-state index in [9.17, 15) is 62.9 Å². The first-order valence-electron chi connectivity index (χ1n) is 28.9. The number of rotatable bonds is 5. The lowest BCUT2D eigenvalue weighted by molar-refractivity contribution is -0.818. The van der Waals surface area contributed by atoms with Crippen molar-refractivity contribution in [2.24, 2.45) is 10.9 Å². The van der Waals surface area contributed by atoms with Crippen LogP contribution in [0.5, 0.6) is 0 Å². The molecule has 0 unspecified atom stereocenters. The van der Waals surface area contributed by atoms with Crippen molar-refractivity contribution in [2.75, 3.05) is 145 Å². The number of benzene rings is 2. The van der Waals surface area contributed by atoms with Gasteiger partial charge in [-0.25, -0.2) is 31.1 Å². The van der Waals surface area contributed by atoms with E-state index < -0.39 is 46.5 Å². The molecule has 0 radical (unpaired) electrons. The van der Waals surface area contributed by atoms with Crippen molar-refractivity contribution in [1.29, 1.82) is 0 Å². The highest BCUT2D eigenvalue weighted by Crippen LogP contribution is 1.99. The number of sulfonamides is 1. The summed E-state index contributed by atoms with van der Waals surface area (Å²) in [6.45, 7) is 46.6. The molecule has 586 valence electrons. The van der Waals surface area contributed by atoms with Crippen LogP contribution in [0, 0.1) is 18.0 Å². The minimum absolute atomic E-state index is 0.0926. The normalized spacial score (nSPS) is 8.82. The average Bonchev–Trinajstić information content (AvgIpc) is 3.11. The van der Waals surface area contributed by atoms with Crippen molar-refractivity contribution < 1.29 is 98.9 Å². The van der Waals surface area contributed by atoms with Gasteiger partial charge in [-0.15, -0.1) is 26.3 Å². The number of carbonyl (C=O) groups is 5. The molecule has 2 N–H and O–H groups in total. The van der Waals surface area contributed by atoms with Gasteiger partial charge < -0.3 is 48.5 Å². The molecule has 0 spiro atoms. The van der Waals surface area contributed by atoms with E-state index in [4.69, 9.17) is 5.11 Å². The highest BCUT2D eigenvalue weighted by atomic mass is 32.3. The summed E-state index contributed by atoms with van der Waals surface area (Å²) in [7, 11) is 13.3. The molecule has 0 saturated carbocycles. The van der Waals surface area contributed by atoms with Crippen LogP contribution < -0.4 is 4.72 Å². The molecule has 0 saturated heterocycles. The van der Waals surface area contributed by atoms with Crippen molar-refractivity contribution >= 4 is 75.9 Å². The number of quaternary nitrogens is 1. The van der Waals surface area contributed by atoms with E-state index in [1.807, 2.05) is 64.2 Å². The van der Waals surface area contributed by atoms with Crippen molar-refractivity contribution in [1.82, 2.24) is 14.5 Å². The zero-order valence-electron chi connectivity index (χ0n) is 67.4. The van der Waals surface area contributed by atoms with Crippen LogP contribution >= 0.6 is 0 Å². The molecule has 0 heterocycles. The molecule has 0 bridgehead atoms. The van der Waals surface area contributed by atoms with E-state index in [0.29, 0.717) is 5.56 Å². The van der Waals surface area contributed by atoms with Crippen LogP contribution in [0.25, 0.3) is 0 Å². The number of sulfone groups is 1. The second kappa shape index (κ2) is 96.5. The molecular formula is C66H141N5O22S4. The number of carbonyl (C=O) groups excluding carboxylic acids is 5. The minimum atomic E-state index is -3.66. The standard InChI is InChI=1S/C8H8O2.C7H8.C6H12.C4H9NO.C4H9N.C4H10.C3H9NO.C3H9N.C3H6O3.C3H6O2.C3H8O.C3H6O.C3H8.C2H7NO2S.C2H6O4S.C2H6O3S.C2H6O2S.2C2H4/c1-10-8(9)7-5-3-2-4-6-7;1-7-5-3-2-4-6-7;1-5(2)6(3)4;1-4(6)5(2)3;1-4(2)5-3;1-4(2)3;1-4(2,3)5;1-4(2)3;1-5-3(4)6-2;1-3(4)5-2;2*1-3(2)4;1-3-2;1-3-6(2,4)5;1-5-7(3,4)6-2;1-5-6(2,3)4;1-5(2,3)4;2*1-2/h2-6H,1H3;2-6H,1H3;1-4H3;1-3H3;1-3H3;4H,1-3H3;1-3H3;1-3H3;1-2H3;1-2H3;3-4H,1-2H3;1-2H3;3H2,1-2H3;3H,1-2H3;1-2H3;1-2H3;1-2H3;2*1-2H2. The summed E-state index contributed by atoms with van der Waals surface area (Å²) < 4.78 is 109. The number of Topliss-reactive ketones (excluding diaryl/α,β-unsaturated/α-hetero) is 1. The zero-order valence-corrected chi connectivity index (χ0v) is 70.7. The van der Waals surface area contributed by atoms with E-state index in [1.165, 1.54) is 91.2 Å². The summed E-state index contributed by atoms with van der Waals surface area (Å²) in [5.41, 5.74) is 5.89. The van der Waals surface area contributed by atoms with Gasteiger partial charge >= 0.3 is 28.5 Å². The Bertz CT molecular complexity index is 2410. The van der Waals surface area contributed by atoms with E-state index in [1.54, 1.807) is 80.4 Å². The summed E-state index contributed by atoms with van der Waals surface area (Å²) in [6.07, 6.45) is 4.84. The number of methoxy groups -OCH3 is 4. The van der Waals surface area contributed by atoms with Gasteiger partial charge in [-0.2, -0.15) is 16.8 Å². The van der Waals surface area contributed by atoms with Gasteiger partial charge in [-0.1, -0.05) is 106 Å². The SMILES string of the molecule is C=C.C=C.CC(=O)N(C)C.CC(C)=C(C)C.CC(C)=O.CC(C)C.CC(C)O.CCC.CN(C)C.CN=C(C)C.CNS(C)(=O)=O.COC(=O)OC.COC(=O)c1ccccc1.COC(C)=O.COS(=O)(=O)OC.COS(C)(=O)=O.CS(C)(=O)=O.C[N+](C)(C)[O-].Cc1ccccc1. The fraction of sp³-hybridized carbons (Fsp3) is 0.636. The molecule has 2 aromatic carbocycles. The Kier molecular flexibility index (Phi) is 134. The van der Waals surface area contributed by atoms with Gasteiger partial charge in [0, 0.05) is 59.3 Å². The first kappa shape index (κ1) is 135. The van der Waals surface area contributed by atoms with E-state index in [2.05, 4.69) is 149 Å². The van der Waals surface area contributed by atoms with Gasteiger partial charge in [0.05, 0.1) is 89.0 Å². The Balaban J connectivity index is -0.0000000469. The van der Waals surface area contributed by atoms with Crippen LogP contribution in [0.2, 0.25) is 0 Å². The maximum Gasteiger partial charge on any atom is 0.507 e. The third kappa shape index (κ3) is 359. The molecule has 0 aliphatic rings. The number of allylic oxidation sites excluding steroid dienone is 2. The van der Waals surface area contributed by atoms with Crippen LogP contribution in [0.15, 0.2) is 103 Å². The minimum Gasteiger partial charge on any atom is -0.633 e. The Morgan fingerprint density at radius 3 is 0.825 bits per heavy atom. The Hall–Kier alpha value is -5.84. The number of aliphatic hydroxyl groups excluding tert-OH is 1. The highest BCUT2D eigenvalue weighted by molar-refractivity contribution is 7.90. The zero-order chi connectivity index (χ0) is 82.7. The summed E-state index contributed by atoms with van der Waals surface area (Å²) >= 11 is 0. The van der Waals surface area contributed by atoms with Crippen LogP contribution in [-0.4, -0.2) is 240 Å². The third-order valence-electron chi connectivity index (χ3n) is 5.91. The van der Waals surface area contributed by atoms with Crippen molar-refractivity contribution in [3.05, 3.63) is 114 Å². The second-order valence-electron chi connectivity index (χ2n) is 20.9. The van der Waals surface area contributed by atoms with Gasteiger partial charge in [0.1, 0.15) is 15.6 Å². The topological polar surface area (TPSA) is 361 Å². The number of amides is 1. The fourth-order valence-corrected chi connectivity index (χ4v) is 1.51. The van der Waals surface area contributed by atoms with Crippen molar-refractivity contribution in [2.45, 2.75) is 137 Å². The van der Waals surface area contributed by atoms with Crippen LogP contribution in [0.4, 0.5) is 4.79 Å². The predicted octanol–water partition coefficient (Wildman–Crippen LogP) is 11.6. The maximum atomic E-state index is 10.8. The lowest BCUT2D eigenvalue weighted by Crippen LogP contribution is -2.25. The number of nitrogens with zero attached hydrogens (tertiary/aromatic N) is 4. The number of nitrogens with one attached hydrogen (secondary N) is 1. The van der Waals surface area contributed by atoms with Gasteiger partial charge in [0.15, 0.2) is 0 Å². The summed E-state index contributed by atoms with van der Waals surface area (Å²) in [4.78, 5) is 57.0. The van der Waals surface area contributed by atoms with E-state index >= 15 is 0 Å². The monoisotopic (exact) mass is 1480 g/mol. The van der Waals surface area contributed by atoms with Crippen LogP contribution in [0.1, 0.15) is 140 Å². The Morgan fingerprint density at radius 2 is 0.763 bits per heavy atom. The molecule has 0 fully saturated rings. The number of aryl methyl sites for hydroxylation is 1. The fourth-order valence-electron chi connectivity index (χ4n) is 1.38. The number of aliphatic hydroxyl groups is 1. The van der Waals surface area contributed by atoms with Gasteiger partial charge in [0.25, 0.3) is 10.1 Å². The van der Waals surface area contributed by atoms with Gasteiger partial charge in [-0.3, -0.25) is 27.1 Å². The van der Waals surface area contributed by atoms with Crippen molar-refractivity contribution in [3.63, 3.8) is 0 Å². The molecular weight excluding hydrogens is 1340 g/mol. The molecule has 2 aromatic rings. The first-order chi connectivity index (χ1) is 43.5. The number of esters is 2. The third-order valence-corrected chi connectivity index (χ3v) is 8.08. The Morgan fingerprint density at radius 1 is 0.577 bits per heavy atom. The maximum absolute atomic E-state index is 10.8. The second-order valence-corrected chi connectivity index (χ2v) is 28.3. The largest absolute Gasteiger partial charge is 0.633 e. The number of ketones is 1. The van der Waals surface area contributed by atoms with Crippen LogP contribution in [-0.2, 0) is 86.3 Å². The lowest BCUT2D eigenvalue weighted by atomic mass is 10.2. The predicted molar refractivity (Wildman–Crippen MR) is 408 cm³/mol. The van der Waals surface area contributed by atoms with Crippen molar-refractivity contribution in [3.8, 4) is 0 Å². The molecule has 0 aliphatic heterocycles. The number of hydrogen-bond acceptors (Lipinski definition) is 24. The molecule has 31 heteroatoms. The van der Waals surface area contributed by atoms with E-state index in [0.717, 1.165) is 58.0 Å². The smallest absolute Gasteiger partial charge is 0.507 e. The molecule has 0 aliphatic carbocycles. The highest BCUT2D eigenvalue weighted by Gasteiger charge is 2.02. The molecule has 27 nitrogen and oxygen atoms in total. The molecule has 0 atom stereocenters. The van der Waals surface area contributed by atoms with Gasteiger partial charge in [0.2, 0.25) is 15.9 Å².